The molecule has 1 rings (SSSR count). The van der Waals surface area contributed by atoms with E-state index < -0.39 is 0 Å². The van der Waals surface area contributed by atoms with E-state index in [-0.39, 0.29) is 0 Å². The number of unbranched alkanes of at least 4 members (excludes halogenated alkanes) is 2. The Morgan fingerprint density at radius 3 is 2.80 bits per heavy atom. The van der Waals surface area contributed by atoms with Crippen LogP contribution in [0.5, 0.6) is 5.75 Å². The highest BCUT2D eigenvalue weighted by molar-refractivity contribution is 5.49. The summed E-state index contributed by atoms with van der Waals surface area (Å²) in [4.78, 5) is 10.2. The van der Waals surface area contributed by atoms with Crippen molar-refractivity contribution in [1.29, 1.82) is 0 Å². The van der Waals surface area contributed by atoms with Crippen molar-refractivity contribution in [2.24, 2.45) is 0 Å². The third kappa shape index (κ3) is 3.39. The maximum atomic E-state index is 10.2. The molecule has 0 bridgehead atoms. The maximum absolute atomic E-state index is 10.2. The van der Waals surface area contributed by atoms with Gasteiger partial charge in [0.05, 0.1) is 7.11 Å². The van der Waals surface area contributed by atoms with E-state index in [0.717, 1.165) is 31.3 Å². The van der Waals surface area contributed by atoms with Crippen LogP contribution >= 0.6 is 0 Å². The summed E-state index contributed by atoms with van der Waals surface area (Å²) in [6, 6.07) is 6.09. The molecule has 0 aliphatic heterocycles. The third-order valence-corrected chi connectivity index (χ3v) is 2.59. The van der Waals surface area contributed by atoms with Gasteiger partial charge < -0.3 is 9.53 Å². The normalized spacial score (nSPS) is 10.0. The molecule has 0 aromatic heterocycles. The van der Waals surface area contributed by atoms with Crippen molar-refractivity contribution in [3.05, 3.63) is 29.3 Å². The molecule has 0 fully saturated rings. The smallest absolute Gasteiger partial charge is 0.122 e. The molecule has 0 saturated heterocycles. The topological polar surface area (TPSA) is 26.3 Å². The predicted molar refractivity (Wildman–Crippen MR) is 61.4 cm³/mol. The molecule has 2 heteroatoms. The second-order valence-corrected chi connectivity index (χ2v) is 3.67. The number of benzene rings is 1. The summed E-state index contributed by atoms with van der Waals surface area (Å²) in [6.07, 6.45) is 4.63. The van der Waals surface area contributed by atoms with Gasteiger partial charge in [-0.15, -0.1) is 0 Å². The molecule has 0 atom stereocenters. The Hall–Kier alpha value is -1.31. The van der Waals surface area contributed by atoms with E-state index in [1.165, 1.54) is 11.1 Å². The summed E-state index contributed by atoms with van der Waals surface area (Å²) >= 11 is 0. The van der Waals surface area contributed by atoms with E-state index in [2.05, 4.69) is 13.0 Å². The van der Waals surface area contributed by atoms with Gasteiger partial charge in [-0.25, -0.2) is 0 Å². The van der Waals surface area contributed by atoms with E-state index in [1.807, 2.05) is 12.1 Å². The van der Waals surface area contributed by atoms with Gasteiger partial charge in [-0.3, -0.25) is 0 Å². The summed E-state index contributed by atoms with van der Waals surface area (Å²) in [5.74, 6) is 0.959. The molecule has 1 aromatic rings. The van der Waals surface area contributed by atoms with E-state index in [9.17, 15) is 4.79 Å². The van der Waals surface area contributed by atoms with Crippen LogP contribution in [-0.4, -0.2) is 13.4 Å². The lowest BCUT2D eigenvalue weighted by molar-refractivity contribution is -0.107. The monoisotopic (exact) mass is 206 g/mol. The Bertz CT molecular complexity index is 318. The molecular weight excluding hydrogens is 188 g/mol. The number of rotatable bonds is 6. The van der Waals surface area contributed by atoms with E-state index in [4.69, 9.17) is 4.74 Å². The number of aryl methyl sites for hydroxylation is 1. The summed E-state index contributed by atoms with van der Waals surface area (Å²) in [5.41, 5.74) is 2.53. The van der Waals surface area contributed by atoms with Gasteiger partial charge in [0.15, 0.2) is 0 Å². The van der Waals surface area contributed by atoms with Crippen LogP contribution in [0.15, 0.2) is 18.2 Å². The molecule has 0 heterocycles. The summed E-state index contributed by atoms with van der Waals surface area (Å²) in [7, 11) is 1.70. The van der Waals surface area contributed by atoms with Crippen molar-refractivity contribution in [1.82, 2.24) is 0 Å². The maximum Gasteiger partial charge on any atom is 0.122 e. The number of carbonyl (C=O) groups excluding carboxylic acids is 1. The predicted octanol–water partition coefficient (Wildman–Crippen LogP) is 2.92. The van der Waals surface area contributed by atoms with Gasteiger partial charge in [-0.05, 0) is 43.4 Å². The van der Waals surface area contributed by atoms with Crippen molar-refractivity contribution in [3.63, 3.8) is 0 Å². The minimum atomic E-state index is 0.661. The Kier molecular flexibility index (Phi) is 4.88. The second kappa shape index (κ2) is 6.23. The summed E-state index contributed by atoms with van der Waals surface area (Å²) in [5, 5.41) is 0. The highest BCUT2D eigenvalue weighted by Crippen LogP contribution is 2.23. The van der Waals surface area contributed by atoms with Gasteiger partial charge >= 0.3 is 0 Å². The average Bonchev–Trinajstić information content (AvgIpc) is 2.26. The number of carbonyl (C=O) groups is 1. The summed E-state index contributed by atoms with van der Waals surface area (Å²) < 4.78 is 5.31. The fourth-order valence-electron chi connectivity index (χ4n) is 1.72. The quantitative estimate of drug-likeness (QED) is 0.528. The minimum Gasteiger partial charge on any atom is -0.496 e. The molecule has 0 radical (unpaired) electrons. The third-order valence-electron chi connectivity index (χ3n) is 2.59. The number of methoxy groups -OCH3 is 1. The molecule has 0 aliphatic rings. The van der Waals surface area contributed by atoms with Crippen molar-refractivity contribution in [2.75, 3.05) is 7.11 Å². The molecule has 2 nitrogen and oxygen atoms in total. The van der Waals surface area contributed by atoms with E-state index >= 15 is 0 Å². The van der Waals surface area contributed by atoms with Crippen LogP contribution < -0.4 is 4.74 Å². The molecule has 0 spiro atoms. The molecule has 0 unspecified atom stereocenters. The Labute approximate surface area is 91.3 Å². The van der Waals surface area contributed by atoms with Gasteiger partial charge in [-0.2, -0.15) is 0 Å². The zero-order chi connectivity index (χ0) is 11.1. The molecular formula is C13H18O2. The minimum absolute atomic E-state index is 0.661. The van der Waals surface area contributed by atoms with Crippen LogP contribution in [0, 0.1) is 6.92 Å². The van der Waals surface area contributed by atoms with Gasteiger partial charge in [0.1, 0.15) is 12.0 Å². The number of aldehydes is 1. The van der Waals surface area contributed by atoms with E-state index in [1.54, 1.807) is 7.11 Å². The lowest BCUT2D eigenvalue weighted by Gasteiger charge is -2.10. The molecule has 0 saturated carbocycles. The van der Waals surface area contributed by atoms with Crippen LogP contribution in [0.4, 0.5) is 0 Å². The first-order valence-electron chi connectivity index (χ1n) is 5.35. The largest absolute Gasteiger partial charge is 0.496 e. The second-order valence-electron chi connectivity index (χ2n) is 3.67. The zero-order valence-electron chi connectivity index (χ0n) is 9.45. The van der Waals surface area contributed by atoms with Gasteiger partial charge in [0, 0.05) is 6.42 Å². The van der Waals surface area contributed by atoms with E-state index in [0.29, 0.717) is 6.42 Å². The summed E-state index contributed by atoms with van der Waals surface area (Å²) in [6.45, 7) is 2.09. The SMILES string of the molecule is COc1cccc(C)c1CCCCC=O. The first-order valence-corrected chi connectivity index (χ1v) is 5.35. The van der Waals surface area contributed by atoms with Crippen LogP contribution in [0.25, 0.3) is 0 Å². The van der Waals surface area contributed by atoms with Crippen molar-refractivity contribution in [3.8, 4) is 5.75 Å². The lowest BCUT2D eigenvalue weighted by Crippen LogP contribution is -1.95. The molecule has 1 aromatic carbocycles. The van der Waals surface area contributed by atoms with Crippen LogP contribution in [0.3, 0.4) is 0 Å². The molecule has 82 valence electrons. The fourth-order valence-corrected chi connectivity index (χ4v) is 1.72. The molecule has 0 amide bonds. The molecule has 15 heavy (non-hydrogen) atoms. The van der Waals surface area contributed by atoms with Crippen molar-refractivity contribution < 1.29 is 9.53 Å². The molecule has 0 N–H and O–H groups in total. The van der Waals surface area contributed by atoms with Gasteiger partial charge in [0.2, 0.25) is 0 Å². The Morgan fingerprint density at radius 2 is 2.13 bits per heavy atom. The fraction of sp³-hybridized carbons (Fsp3) is 0.462. The zero-order valence-corrected chi connectivity index (χ0v) is 9.45. The lowest BCUT2D eigenvalue weighted by atomic mass is 10.0. The standard InChI is InChI=1S/C13H18O2/c1-11-7-6-9-13(15-2)12(11)8-4-3-5-10-14/h6-7,9-10H,3-5,8H2,1-2H3. The number of hydrogen-bond acceptors (Lipinski definition) is 2. The Morgan fingerprint density at radius 1 is 1.33 bits per heavy atom. The van der Waals surface area contributed by atoms with Crippen LogP contribution in [0.1, 0.15) is 30.4 Å². The van der Waals surface area contributed by atoms with Crippen LogP contribution in [0.2, 0.25) is 0 Å². The highest BCUT2D eigenvalue weighted by Gasteiger charge is 2.04. The van der Waals surface area contributed by atoms with Crippen LogP contribution in [-0.2, 0) is 11.2 Å². The highest BCUT2D eigenvalue weighted by atomic mass is 16.5. The first-order chi connectivity index (χ1) is 7.29. The van der Waals surface area contributed by atoms with Gasteiger partial charge in [-0.1, -0.05) is 12.1 Å². The molecule has 0 aliphatic carbocycles. The van der Waals surface area contributed by atoms with Gasteiger partial charge in [0.25, 0.3) is 0 Å². The average molecular weight is 206 g/mol. The Balaban J connectivity index is 2.61. The van der Waals surface area contributed by atoms with Crippen molar-refractivity contribution in [2.45, 2.75) is 32.6 Å². The van der Waals surface area contributed by atoms with Crippen molar-refractivity contribution >= 4 is 6.29 Å². The first kappa shape index (κ1) is 11.8. The number of ether oxygens (including phenoxy) is 1. The number of hydrogen-bond donors (Lipinski definition) is 0.